The first-order chi connectivity index (χ1) is 13.0. The van der Waals surface area contributed by atoms with E-state index in [1.54, 1.807) is 0 Å². The molecule has 1 aromatic rings. The van der Waals surface area contributed by atoms with Gasteiger partial charge in [0.05, 0.1) is 0 Å². The van der Waals surface area contributed by atoms with Gasteiger partial charge in [-0.3, -0.25) is 10.3 Å². The number of amides is 2. The molecule has 0 heterocycles. The number of carboxylic acids is 2. The smallest absolute Gasteiger partial charge is 0.326 e. The lowest BCUT2D eigenvalue weighted by Gasteiger charge is -2.20. The van der Waals surface area contributed by atoms with Crippen molar-refractivity contribution in [2.45, 2.75) is 52.4 Å². The van der Waals surface area contributed by atoms with Crippen LogP contribution >= 0.6 is 0 Å². The Labute approximate surface area is 165 Å². The number of nitrogens with two attached hydrogens (primary N) is 1. The minimum atomic E-state index is -1.37. The quantitative estimate of drug-likeness (QED) is 0.465. The molecule has 2 amide bonds. The molecule has 28 heavy (non-hydrogen) atoms. The summed E-state index contributed by atoms with van der Waals surface area (Å²) in [5.41, 5.74) is 8.58. The summed E-state index contributed by atoms with van der Waals surface area (Å²) >= 11 is 0. The van der Waals surface area contributed by atoms with Crippen LogP contribution in [0.25, 0.3) is 0 Å². The van der Waals surface area contributed by atoms with E-state index in [1.165, 1.54) is 7.05 Å². The molecule has 9 nitrogen and oxygen atoms in total. The fourth-order valence-corrected chi connectivity index (χ4v) is 2.22. The zero-order valence-corrected chi connectivity index (χ0v) is 16.9. The van der Waals surface area contributed by atoms with Crippen molar-refractivity contribution in [2.24, 2.45) is 10.7 Å². The van der Waals surface area contributed by atoms with Gasteiger partial charge in [0.1, 0.15) is 0 Å². The van der Waals surface area contributed by atoms with E-state index < -0.39 is 24.8 Å². The highest BCUT2D eigenvalue weighted by molar-refractivity contribution is 6.02. The first-order valence-electron chi connectivity index (χ1n) is 8.82. The molecule has 9 heteroatoms. The number of para-hydroxylation sites is 1. The molecule has 0 atom stereocenters. The van der Waals surface area contributed by atoms with Gasteiger partial charge >= 0.3 is 6.03 Å². The Bertz CT molecular complexity index is 674. The molecule has 0 spiro atoms. The van der Waals surface area contributed by atoms with Crippen LogP contribution < -0.4 is 26.6 Å². The van der Waals surface area contributed by atoms with Gasteiger partial charge in [0.25, 0.3) is 0 Å². The van der Waals surface area contributed by atoms with E-state index in [2.05, 4.69) is 43.3 Å². The zero-order valence-electron chi connectivity index (χ0n) is 16.9. The fourth-order valence-electron chi connectivity index (χ4n) is 2.22. The largest absolute Gasteiger partial charge is 0.550 e. The highest BCUT2D eigenvalue weighted by Gasteiger charge is 2.16. The SMILES string of the molecule is CN=C(N)NC(=O)Nc1c(C(C)C)cccc1C(C)C.O=C([O-])CCC(=O)[O-]. The maximum atomic E-state index is 11.9. The van der Waals surface area contributed by atoms with Gasteiger partial charge in [-0.15, -0.1) is 0 Å². The Morgan fingerprint density at radius 1 is 1.00 bits per heavy atom. The summed E-state index contributed by atoms with van der Waals surface area (Å²) in [7, 11) is 1.53. The Balaban J connectivity index is 0.000000769. The number of aliphatic imine (C=N–C) groups is 1. The van der Waals surface area contributed by atoms with Gasteiger partial charge in [-0.05, 0) is 35.8 Å². The number of carboxylic acid groups (broad SMARTS) is 2. The molecule has 0 unspecified atom stereocenters. The van der Waals surface area contributed by atoms with Crippen LogP contribution in [0.5, 0.6) is 0 Å². The summed E-state index contributed by atoms with van der Waals surface area (Å²) in [5, 5.41) is 24.4. The van der Waals surface area contributed by atoms with Gasteiger partial charge in [-0.1, -0.05) is 45.9 Å². The van der Waals surface area contributed by atoms with Gasteiger partial charge in [-0.2, -0.15) is 0 Å². The maximum absolute atomic E-state index is 11.9. The predicted molar refractivity (Wildman–Crippen MR) is 104 cm³/mol. The number of carbonyl (C=O) groups excluding carboxylic acids is 3. The molecule has 0 saturated carbocycles. The molecular weight excluding hydrogens is 364 g/mol. The van der Waals surface area contributed by atoms with Crippen LogP contribution in [0.3, 0.4) is 0 Å². The topological polar surface area (TPSA) is 160 Å². The maximum Gasteiger partial charge on any atom is 0.326 e. The van der Waals surface area contributed by atoms with Crippen molar-refractivity contribution in [1.82, 2.24) is 5.32 Å². The second-order valence-corrected chi connectivity index (χ2v) is 6.55. The fraction of sp³-hybridized carbons (Fsp3) is 0.474. The van der Waals surface area contributed by atoms with E-state index >= 15 is 0 Å². The molecule has 0 aliphatic carbocycles. The lowest BCUT2D eigenvalue weighted by molar-refractivity contribution is -0.315. The number of aliphatic carboxylic acids is 2. The molecule has 0 fully saturated rings. The highest BCUT2D eigenvalue weighted by Crippen LogP contribution is 2.32. The van der Waals surface area contributed by atoms with Crippen LogP contribution in [0.15, 0.2) is 23.2 Å². The molecule has 156 valence electrons. The third-order valence-electron chi connectivity index (χ3n) is 3.63. The molecule has 1 aromatic carbocycles. The summed E-state index contributed by atoms with van der Waals surface area (Å²) in [4.78, 5) is 34.7. The van der Waals surface area contributed by atoms with Crippen molar-refractivity contribution in [3.63, 3.8) is 0 Å². The summed E-state index contributed by atoms with van der Waals surface area (Å²) < 4.78 is 0. The number of carbonyl (C=O) groups is 3. The molecule has 0 saturated heterocycles. The standard InChI is InChI=1S/C15H24N4O.C4H6O4/c1-9(2)11-7-6-8-12(10(3)4)13(11)18-15(20)19-14(16)17-5;5-3(6)1-2-4(7)8/h6-10H,1-5H3,(H4,16,17,18,19,20);1-2H2,(H,5,6)(H,7,8)/p-2. The zero-order chi connectivity index (χ0) is 21.9. The van der Waals surface area contributed by atoms with Gasteiger partial charge in [0.15, 0.2) is 5.96 Å². The van der Waals surface area contributed by atoms with Crippen molar-refractivity contribution >= 4 is 29.6 Å². The number of guanidine groups is 1. The number of urea groups is 1. The Morgan fingerprint density at radius 3 is 1.75 bits per heavy atom. The molecular formula is C19H28N4O5-2. The number of anilines is 1. The van der Waals surface area contributed by atoms with Crippen molar-refractivity contribution in [2.75, 3.05) is 12.4 Å². The van der Waals surface area contributed by atoms with Crippen LogP contribution in [0.2, 0.25) is 0 Å². The Morgan fingerprint density at radius 2 is 1.43 bits per heavy atom. The first kappa shape index (κ1) is 24.9. The third kappa shape index (κ3) is 9.56. The van der Waals surface area contributed by atoms with Crippen LogP contribution in [0.1, 0.15) is 63.5 Å². The molecule has 1 rings (SSSR count). The van der Waals surface area contributed by atoms with E-state index in [1.807, 2.05) is 18.2 Å². The van der Waals surface area contributed by atoms with Crippen molar-refractivity contribution in [3.05, 3.63) is 29.3 Å². The average molecular weight is 392 g/mol. The summed E-state index contributed by atoms with van der Waals surface area (Å²) in [6, 6.07) is 5.71. The number of nitrogens with zero attached hydrogens (tertiary/aromatic N) is 1. The Hall–Kier alpha value is -3.10. The molecule has 4 N–H and O–H groups in total. The molecule has 0 aliphatic rings. The van der Waals surface area contributed by atoms with Crippen LogP contribution in [0, 0.1) is 0 Å². The van der Waals surface area contributed by atoms with Gasteiger partial charge in [0.2, 0.25) is 0 Å². The lowest BCUT2D eigenvalue weighted by Crippen LogP contribution is -2.39. The summed E-state index contributed by atoms with van der Waals surface area (Å²) in [6.45, 7) is 8.41. The number of benzene rings is 1. The predicted octanol–water partition coefficient (Wildman–Crippen LogP) is 0.266. The van der Waals surface area contributed by atoms with E-state index in [4.69, 9.17) is 5.73 Å². The van der Waals surface area contributed by atoms with Crippen molar-refractivity contribution in [3.8, 4) is 0 Å². The second kappa shape index (κ2) is 12.3. The number of rotatable bonds is 6. The van der Waals surface area contributed by atoms with E-state index in [0.29, 0.717) is 11.8 Å². The van der Waals surface area contributed by atoms with Crippen LogP contribution in [-0.4, -0.2) is 31.0 Å². The normalized spacial score (nSPS) is 10.9. The molecule has 0 aromatic heterocycles. The minimum Gasteiger partial charge on any atom is -0.550 e. The van der Waals surface area contributed by atoms with Crippen LogP contribution in [0.4, 0.5) is 10.5 Å². The number of hydrogen-bond acceptors (Lipinski definition) is 6. The number of hydrogen-bond donors (Lipinski definition) is 3. The molecule has 0 bridgehead atoms. The van der Waals surface area contributed by atoms with E-state index in [0.717, 1.165) is 16.8 Å². The summed E-state index contributed by atoms with van der Waals surface area (Å²) in [6.07, 6.45) is -0.940. The Kier molecular flexibility index (Phi) is 11.0. The number of nitrogens with one attached hydrogen (secondary N) is 2. The molecule has 0 radical (unpaired) electrons. The second-order valence-electron chi connectivity index (χ2n) is 6.55. The highest BCUT2D eigenvalue weighted by atomic mass is 16.4. The van der Waals surface area contributed by atoms with Gasteiger partial charge in [-0.25, -0.2) is 4.79 Å². The van der Waals surface area contributed by atoms with Gasteiger partial charge in [0, 0.05) is 24.7 Å². The van der Waals surface area contributed by atoms with Gasteiger partial charge < -0.3 is 30.9 Å². The van der Waals surface area contributed by atoms with E-state index in [9.17, 15) is 24.6 Å². The molecule has 0 aliphatic heterocycles. The average Bonchev–Trinajstić information content (AvgIpc) is 2.59. The van der Waals surface area contributed by atoms with Crippen LogP contribution in [-0.2, 0) is 9.59 Å². The van der Waals surface area contributed by atoms with Crippen molar-refractivity contribution < 1.29 is 24.6 Å². The monoisotopic (exact) mass is 392 g/mol. The first-order valence-corrected chi connectivity index (χ1v) is 8.82. The summed E-state index contributed by atoms with van der Waals surface area (Å²) in [5.74, 6) is -2.00. The lowest BCUT2D eigenvalue weighted by atomic mass is 9.93. The van der Waals surface area contributed by atoms with E-state index in [-0.39, 0.29) is 12.0 Å². The van der Waals surface area contributed by atoms with Crippen molar-refractivity contribution in [1.29, 1.82) is 0 Å². The third-order valence-corrected chi connectivity index (χ3v) is 3.63. The minimum absolute atomic E-state index is 0.0932.